The number of hydrogen-bond acceptors (Lipinski definition) is 2. The molecule has 0 aliphatic heterocycles. The van der Waals surface area contributed by atoms with E-state index in [4.69, 9.17) is 29.0 Å². The summed E-state index contributed by atoms with van der Waals surface area (Å²) in [5.41, 5.74) is 2.57. The maximum Gasteiger partial charge on any atom is 0.125 e. The lowest BCUT2D eigenvalue weighted by atomic mass is 10.1. The molecule has 0 radical (unpaired) electrons. The Balaban J connectivity index is 2.67. The molecule has 1 aromatic heterocycles. The van der Waals surface area contributed by atoms with E-state index >= 15 is 0 Å². The normalized spacial score (nSPS) is 10.8. The van der Waals surface area contributed by atoms with Crippen molar-refractivity contribution in [3.63, 3.8) is 0 Å². The molecular formula is C11H11Cl2N3. The van der Waals surface area contributed by atoms with E-state index in [1.807, 2.05) is 26.0 Å². The van der Waals surface area contributed by atoms with Gasteiger partial charge in [0, 0.05) is 15.6 Å². The van der Waals surface area contributed by atoms with E-state index in [0.29, 0.717) is 10.0 Å². The van der Waals surface area contributed by atoms with Crippen molar-refractivity contribution in [3.8, 4) is 11.3 Å². The lowest BCUT2D eigenvalue weighted by molar-refractivity contribution is 0.934. The van der Waals surface area contributed by atoms with E-state index in [9.17, 15) is 0 Å². The van der Waals surface area contributed by atoms with E-state index < -0.39 is 0 Å². The van der Waals surface area contributed by atoms with Gasteiger partial charge in [0.1, 0.15) is 5.82 Å². The van der Waals surface area contributed by atoms with Gasteiger partial charge in [0.05, 0.1) is 11.4 Å². The van der Waals surface area contributed by atoms with E-state index in [1.165, 1.54) is 4.68 Å². The smallest absolute Gasteiger partial charge is 0.125 e. The molecule has 1 aromatic carbocycles. The molecule has 2 rings (SSSR count). The Morgan fingerprint density at radius 2 is 1.69 bits per heavy atom. The van der Waals surface area contributed by atoms with Crippen molar-refractivity contribution >= 4 is 23.2 Å². The molecule has 0 bridgehead atoms. The number of nitrogens with zero attached hydrogens (tertiary/aromatic N) is 2. The molecule has 16 heavy (non-hydrogen) atoms. The fraction of sp³-hybridized carbons (Fsp3) is 0.182. The number of aryl methyl sites for hydroxylation is 2. The highest BCUT2D eigenvalue weighted by Gasteiger charge is 2.12. The lowest BCUT2D eigenvalue weighted by Crippen LogP contribution is -2.11. The van der Waals surface area contributed by atoms with Gasteiger partial charge in [0.25, 0.3) is 0 Å². The van der Waals surface area contributed by atoms with Gasteiger partial charge in [-0.25, -0.2) is 9.66 Å². The molecular weight excluding hydrogens is 245 g/mol. The number of imidazole rings is 1. The van der Waals surface area contributed by atoms with Gasteiger partial charge in [0.15, 0.2) is 0 Å². The highest BCUT2D eigenvalue weighted by Crippen LogP contribution is 2.28. The number of halogens is 2. The highest BCUT2D eigenvalue weighted by molar-refractivity contribution is 6.35. The molecule has 2 N–H and O–H groups in total. The molecule has 0 unspecified atom stereocenters. The summed E-state index contributed by atoms with van der Waals surface area (Å²) in [6.45, 7) is 3.75. The topological polar surface area (TPSA) is 43.8 Å². The first-order chi connectivity index (χ1) is 7.49. The fourth-order valence-electron chi connectivity index (χ4n) is 1.72. The number of benzene rings is 1. The van der Waals surface area contributed by atoms with E-state index in [0.717, 1.165) is 22.8 Å². The van der Waals surface area contributed by atoms with Gasteiger partial charge in [-0.2, -0.15) is 0 Å². The Kier molecular flexibility index (Phi) is 2.82. The summed E-state index contributed by atoms with van der Waals surface area (Å²) in [6.07, 6.45) is 0. The van der Waals surface area contributed by atoms with Crippen LogP contribution >= 0.6 is 23.2 Å². The van der Waals surface area contributed by atoms with Crippen LogP contribution in [0, 0.1) is 13.8 Å². The Hall–Kier alpha value is -1.19. The Morgan fingerprint density at radius 3 is 2.12 bits per heavy atom. The summed E-state index contributed by atoms with van der Waals surface area (Å²) in [5.74, 6) is 6.66. The summed E-state index contributed by atoms with van der Waals surface area (Å²) in [4.78, 5) is 4.30. The lowest BCUT2D eigenvalue weighted by Gasteiger charge is -2.06. The fourth-order valence-corrected chi connectivity index (χ4v) is 2.25. The molecule has 0 saturated carbocycles. The molecule has 0 atom stereocenters. The Bertz CT molecular complexity index is 526. The minimum Gasteiger partial charge on any atom is -0.337 e. The number of aromatic nitrogens is 2. The van der Waals surface area contributed by atoms with Crippen molar-refractivity contribution in [3.05, 3.63) is 39.8 Å². The van der Waals surface area contributed by atoms with Crippen LogP contribution in [0.3, 0.4) is 0 Å². The van der Waals surface area contributed by atoms with Crippen molar-refractivity contribution < 1.29 is 0 Å². The zero-order valence-electron chi connectivity index (χ0n) is 8.96. The van der Waals surface area contributed by atoms with Gasteiger partial charge in [-0.3, -0.25) is 0 Å². The summed E-state index contributed by atoms with van der Waals surface area (Å²) in [5, 5.41) is 1.17. The molecule has 1 heterocycles. The number of nitrogen functional groups attached to an aromatic ring is 1. The molecule has 3 nitrogen and oxygen atoms in total. The molecule has 5 heteroatoms. The summed E-state index contributed by atoms with van der Waals surface area (Å²) < 4.78 is 1.54. The molecule has 2 aromatic rings. The van der Waals surface area contributed by atoms with Crippen LogP contribution in [0.5, 0.6) is 0 Å². The Labute approximate surface area is 104 Å². The minimum atomic E-state index is 0.584. The second-order valence-electron chi connectivity index (χ2n) is 3.62. The Morgan fingerprint density at radius 1 is 1.12 bits per heavy atom. The quantitative estimate of drug-likeness (QED) is 0.796. The van der Waals surface area contributed by atoms with Crippen molar-refractivity contribution in [1.29, 1.82) is 0 Å². The van der Waals surface area contributed by atoms with Gasteiger partial charge in [-0.1, -0.05) is 23.2 Å². The maximum absolute atomic E-state index is 5.96. The molecule has 0 saturated heterocycles. The van der Waals surface area contributed by atoms with Crippen LogP contribution in [0.2, 0.25) is 10.0 Å². The van der Waals surface area contributed by atoms with Gasteiger partial charge in [-0.05, 0) is 32.0 Å². The van der Waals surface area contributed by atoms with Crippen LogP contribution in [0.15, 0.2) is 18.2 Å². The zero-order chi connectivity index (χ0) is 11.9. The van der Waals surface area contributed by atoms with Crippen LogP contribution in [-0.2, 0) is 0 Å². The minimum absolute atomic E-state index is 0.584. The second-order valence-corrected chi connectivity index (χ2v) is 4.49. The maximum atomic E-state index is 5.96. The molecule has 0 amide bonds. The average Bonchev–Trinajstić information content (AvgIpc) is 2.39. The van der Waals surface area contributed by atoms with Crippen molar-refractivity contribution in [2.45, 2.75) is 13.8 Å². The third-order valence-electron chi connectivity index (χ3n) is 2.40. The predicted octanol–water partition coefficient (Wildman–Crippen LogP) is 3.19. The molecule has 0 aliphatic rings. The third-order valence-corrected chi connectivity index (χ3v) is 2.83. The van der Waals surface area contributed by atoms with Crippen LogP contribution in [-0.4, -0.2) is 9.66 Å². The first-order valence-electron chi connectivity index (χ1n) is 4.76. The van der Waals surface area contributed by atoms with Crippen molar-refractivity contribution in [2.75, 3.05) is 5.84 Å². The standard InChI is InChI=1S/C11H11Cl2N3/c1-6-11(16(14)7(2)15-6)8-3-9(12)5-10(13)4-8/h3-5H,14H2,1-2H3. The molecule has 84 valence electrons. The van der Waals surface area contributed by atoms with Gasteiger partial charge >= 0.3 is 0 Å². The summed E-state index contributed by atoms with van der Waals surface area (Å²) in [6, 6.07) is 5.33. The molecule has 0 fully saturated rings. The van der Waals surface area contributed by atoms with Crippen LogP contribution in [0.4, 0.5) is 0 Å². The van der Waals surface area contributed by atoms with Crippen LogP contribution in [0.1, 0.15) is 11.5 Å². The zero-order valence-corrected chi connectivity index (χ0v) is 10.5. The second kappa shape index (κ2) is 4.00. The SMILES string of the molecule is Cc1nc(C)n(N)c1-c1cc(Cl)cc(Cl)c1. The number of hydrogen-bond donors (Lipinski definition) is 1. The monoisotopic (exact) mass is 255 g/mol. The summed E-state index contributed by atoms with van der Waals surface area (Å²) >= 11 is 11.9. The predicted molar refractivity (Wildman–Crippen MR) is 67.3 cm³/mol. The molecule has 0 spiro atoms. The van der Waals surface area contributed by atoms with Crippen molar-refractivity contribution in [2.24, 2.45) is 0 Å². The van der Waals surface area contributed by atoms with E-state index in [-0.39, 0.29) is 0 Å². The molecule has 0 aliphatic carbocycles. The highest BCUT2D eigenvalue weighted by atomic mass is 35.5. The third kappa shape index (κ3) is 1.88. The van der Waals surface area contributed by atoms with Gasteiger partial charge in [-0.15, -0.1) is 0 Å². The van der Waals surface area contributed by atoms with Gasteiger partial charge < -0.3 is 5.84 Å². The average molecular weight is 256 g/mol. The number of rotatable bonds is 1. The van der Waals surface area contributed by atoms with Crippen LogP contribution < -0.4 is 5.84 Å². The first kappa shape index (κ1) is 11.3. The van der Waals surface area contributed by atoms with Crippen molar-refractivity contribution in [1.82, 2.24) is 9.66 Å². The van der Waals surface area contributed by atoms with Crippen LogP contribution in [0.25, 0.3) is 11.3 Å². The summed E-state index contributed by atoms with van der Waals surface area (Å²) in [7, 11) is 0. The number of nitrogens with two attached hydrogens (primary N) is 1. The van der Waals surface area contributed by atoms with E-state index in [2.05, 4.69) is 4.98 Å². The van der Waals surface area contributed by atoms with E-state index in [1.54, 1.807) is 6.07 Å². The first-order valence-corrected chi connectivity index (χ1v) is 5.52. The largest absolute Gasteiger partial charge is 0.337 e. The van der Waals surface area contributed by atoms with Gasteiger partial charge in [0.2, 0.25) is 0 Å².